The Morgan fingerprint density at radius 3 is 2.75 bits per heavy atom. The highest BCUT2D eigenvalue weighted by molar-refractivity contribution is 7.99. The fourth-order valence-corrected chi connectivity index (χ4v) is 3.94. The highest BCUT2D eigenvalue weighted by Gasteiger charge is 2.22. The Bertz CT molecular complexity index is 637. The standard InChI is InChI=1S/C13H17FN2O2S2/c1-4-6-19-7-5-16-20(17,18)13-9(2)8-11(14)12(15)10(13)3/h1,8,16H,5-7,15H2,2-3H3. The molecule has 4 nitrogen and oxygen atoms in total. The summed E-state index contributed by atoms with van der Waals surface area (Å²) in [5, 5.41) is 0. The maximum Gasteiger partial charge on any atom is 0.241 e. The number of halogens is 1. The number of hydrogen-bond donors (Lipinski definition) is 2. The van der Waals surface area contributed by atoms with Gasteiger partial charge < -0.3 is 5.73 Å². The van der Waals surface area contributed by atoms with E-state index >= 15 is 0 Å². The van der Waals surface area contributed by atoms with Gasteiger partial charge in [0.2, 0.25) is 10.0 Å². The topological polar surface area (TPSA) is 72.2 Å². The van der Waals surface area contributed by atoms with Gasteiger partial charge in [-0.15, -0.1) is 18.2 Å². The molecule has 0 saturated carbocycles. The third-order valence-electron chi connectivity index (χ3n) is 2.70. The van der Waals surface area contributed by atoms with Crippen LogP contribution in [-0.4, -0.2) is 26.5 Å². The molecule has 0 bridgehead atoms. The van der Waals surface area contributed by atoms with E-state index in [-0.39, 0.29) is 22.7 Å². The molecule has 0 aliphatic heterocycles. The van der Waals surface area contributed by atoms with Crippen LogP contribution in [0, 0.1) is 32.0 Å². The van der Waals surface area contributed by atoms with E-state index in [0.29, 0.717) is 17.1 Å². The predicted octanol–water partition coefficient (Wildman–Crippen LogP) is 1.67. The van der Waals surface area contributed by atoms with Crippen molar-refractivity contribution in [3.63, 3.8) is 0 Å². The summed E-state index contributed by atoms with van der Waals surface area (Å²) in [5.41, 5.74) is 5.97. The molecule has 1 rings (SSSR count). The molecule has 0 saturated heterocycles. The fraction of sp³-hybridized carbons (Fsp3) is 0.385. The quantitative estimate of drug-likeness (QED) is 0.476. The molecule has 7 heteroatoms. The summed E-state index contributed by atoms with van der Waals surface area (Å²) in [5.74, 6) is 2.95. The van der Waals surface area contributed by atoms with Crippen molar-refractivity contribution in [1.29, 1.82) is 0 Å². The second-order valence-electron chi connectivity index (χ2n) is 4.20. The summed E-state index contributed by atoms with van der Waals surface area (Å²) in [6.07, 6.45) is 5.10. The van der Waals surface area contributed by atoms with Crippen molar-refractivity contribution in [2.24, 2.45) is 0 Å². The molecular formula is C13H17FN2O2S2. The monoisotopic (exact) mass is 316 g/mol. The molecule has 0 radical (unpaired) electrons. The van der Waals surface area contributed by atoms with Crippen LogP contribution in [-0.2, 0) is 10.0 Å². The Hall–Kier alpha value is -1.23. The fourth-order valence-electron chi connectivity index (χ4n) is 1.80. The molecule has 0 aromatic heterocycles. The summed E-state index contributed by atoms with van der Waals surface area (Å²) in [6.45, 7) is 3.29. The zero-order valence-electron chi connectivity index (χ0n) is 11.4. The van der Waals surface area contributed by atoms with Crippen molar-refractivity contribution in [3.05, 3.63) is 23.0 Å². The van der Waals surface area contributed by atoms with Gasteiger partial charge in [-0.1, -0.05) is 5.92 Å². The molecule has 0 spiro atoms. The number of hydrogen-bond acceptors (Lipinski definition) is 4. The SMILES string of the molecule is C#CCSCCNS(=O)(=O)c1c(C)cc(F)c(N)c1C. The number of sulfonamides is 1. The maximum absolute atomic E-state index is 13.4. The first kappa shape index (κ1) is 16.8. The minimum Gasteiger partial charge on any atom is -0.396 e. The smallest absolute Gasteiger partial charge is 0.241 e. The van der Waals surface area contributed by atoms with Crippen molar-refractivity contribution in [2.75, 3.05) is 23.8 Å². The van der Waals surface area contributed by atoms with Crippen molar-refractivity contribution < 1.29 is 12.8 Å². The minimum atomic E-state index is -3.71. The molecule has 0 amide bonds. The van der Waals surface area contributed by atoms with Gasteiger partial charge in [-0.05, 0) is 31.0 Å². The highest BCUT2D eigenvalue weighted by Crippen LogP contribution is 2.27. The minimum absolute atomic E-state index is 0.0401. The highest BCUT2D eigenvalue weighted by atomic mass is 32.2. The molecular weight excluding hydrogens is 299 g/mol. The van der Waals surface area contributed by atoms with E-state index in [1.165, 1.54) is 25.6 Å². The normalized spacial score (nSPS) is 11.3. The van der Waals surface area contributed by atoms with Crippen LogP contribution in [0.3, 0.4) is 0 Å². The van der Waals surface area contributed by atoms with E-state index in [2.05, 4.69) is 10.6 Å². The van der Waals surface area contributed by atoms with E-state index in [1.54, 1.807) is 0 Å². The summed E-state index contributed by atoms with van der Waals surface area (Å²) in [6, 6.07) is 1.13. The number of rotatable bonds is 6. The van der Waals surface area contributed by atoms with Gasteiger partial charge in [0.05, 0.1) is 16.3 Å². The van der Waals surface area contributed by atoms with Gasteiger partial charge in [0.15, 0.2) is 0 Å². The molecule has 0 aliphatic carbocycles. The molecule has 1 aromatic carbocycles. The van der Waals surface area contributed by atoms with Crippen LogP contribution in [0.5, 0.6) is 0 Å². The summed E-state index contributed by atoms with van der Waals surface area (Å²) >= 11 is 1.46. The molecule has 1 aromatic rings. The van der Waals surface area contributed by atoms with Crippen LogP contribution in [0.25, 0.3) is 0 Å². The second kappa shape index (κ2) is 6.97. The Labute approximate surface area is 123 Å². The lowest BCUT2D eigenvalue weighted by molar-refractivity contribution is 0.581. The van der Waals surface area contributed by atoms with Crippen LogP contribution >= 0.6 is 11.8 Å². The lowest BCUT2D eigenvalue weighted by atomic mass is 10.1. The number of anilines is 1. The Balaban J connectivity index is 2.94. The zero-order chi connectivity index (χ0) is 15.3. The number of nitrogens with two attached hydrogens (primary N) is 1. The maximum atomic E-state index is 13.4. The van der Waals surface area contributed by atoms with Gasteiger partial charge in [-0.3, -0.25) is 0 Å². The van der Waals surface area contributed by atoms with Gasteiger partial charge in [0.1, 0.15) is 5.82 Å². The third-order valence-corrected chi connectivity index (χ3v) is 5.31. The van der Waals surface area contributed by atoms with Crippen molar-refractivity contribution >= 4 is 27.5 Å². The van der Waals surface area contributed by atoms with Gasteiger partial charge in [-0.2, -0.15) is 0 Å². The summed E-state index contributed by atoms with van der Waals surface area (Å²) in [4.78, 5) is 0.0401. The first-order valence-corrected chi connectivity index (χ1v) is 8.51. The van der Waals surface area contributed by atoms with E-state index in [1.807, 2.05) is 0 Å². The van der Waals surface area contributed by atoms with Crippen LogP contribution < -0.4 is 10.5 Å². The summed E-state index contributed by atoms with van der Waals surface area (Å²) < 4.78 is 40.4. The van der Waals surface area contributed by atoms with Crippen molar-refractivity contribution in [2.45, 2.75) is 18.7 Å². The number of nitrogens with one attached hydrogen (secondary N) is 1. The number of benzene rings is 1. The van der Waals surface area contributed by atoms with Gasteiger partial charge in [-0.25, -0.2) is 17.5 Å². The average molecular weight is 316 g/mol. The first-order valence-electron chi connectivity index (χ1n) is 5.87. The van der Waals surface area contributed by atoms with E-state index in [9.17, 15) is 12.8 Å². The number of thioether (sulfide) groups is 1. The lowest BCUT2D eigenvalue weighted by Gasteiger charge is -2.14. The molecule has 20 heavy (non-hydrogen) atoms. The van der Waals surface area contributed by atoms with E-state index in [0.717, 1.165) is 6.07 Å². The van der Waals surface area contributed by atoms with Gasteiger partial charge in [0, 0.05) is 12.3 Å². The number of nitrogen functional groups attached to an aromatic ring is 1. The number of terminal acetylenes is 1. The van der Waals surface area contributed by atoms with Crippen LogP contribution in [0.4, 0.5) is 10.1 Å². The molecule has 0 atom stereocenters. The van der Waals surface area contributed by atoms with E-state index in [4.69, 9.17) is 12.2 Å². The van der Waals surface area contributed by atoms with Gasteiger partial charge >= 0.3 is 0 Å². The summed E-state index contributed by atoms with van der Waals surface area (Å²) in [7, 11) is -3.71. The molecule has 0 aliphatic rings. The van der Waals surface area contributed by atoms with E-state index < -0.39 is 15.8 Å². The third kappa shape index (κ3) is 3.88. The molecule has 110 valence electrons. The average Bonchev–Trinajstić information content (AvgIpc) is 2.35. The van der Waals surface area contributed by atoms with Crippen molar-refractivity contribution in [1.82, 2.24) is 4.72 Å². The first-order chi connectivity index (χ1) is 9.31. The Morgan fingerprint density at radius 1 is 1.50 bits per heavy atom. The van der Waals surface area contributed by atoms with Crippen LogP contribution in [0.15, 0.2) is 11.0 Å². The lowest BCUT2D eigenvalue weighted by Crippen LogP contribution is -2.28. The second-order valence-corrected chi connectivity index (χ2v) is 7.01. The van der Waals surface area contributed by atoms with Crippen LogP contribution in [0.1, 0.15) is 11.1 Å². The number of aryl methyl sites for hydroxylation is 1. The van der Waals surface area contributed by atoms with Crippen molar-refractivity contribution in [3.8, 4) is 12.3 Å². The predicted molar refractivity (Wildman–Crippen MR) is 81.6 cm³/mol. The Kier molecular flexibility index (Phi) is 5.87. The van der Waals surface area contributed by atoms with Crippen LogP contribution in [0.2, 0.25) is 0 Å². The zero-order valence-corrected chi connectivity index (χ0v) is 13.0. The largest absolute Gasteiger partial charge is 0.396 e. The molecule has 0 fully saturated rings. The Morgan fingerprint density at radius 2 is 2.15 bits per heavy atom. The van der Waals surface area contributed by atoms with Gasteiger partial charge in [0.25, 0.3) is 0 Å². The molecule has 0 heterocycles. The molecule has 0 unspecified atom stereocenters. The molecule has 3 N–H and O–H groups in total.